The average Bonchev–Trinajstić information content (AvgIpc) is 2.96. The number of imide groups is 1. The van der Waals surface area contributed by atoms with Gasteiger partial charge in [-0.2, -0.15) is 0 Å². The number of methoxy groups -OCH3 is 1. The third kappa shape index (κ3) is 4.79. The Bertz CT molecular complexity index is 914. The van der Waals surface area contributed by atoms with Crippen molar-refractivity contribution in [2.45, 2.75) is 31.8 Å². The first-order valence-corrected chi connectivity index (χ1v) is 9.87. The van der Waals surface area contributed by atoms with Gasteiger partial charge in [-0.3, -0.25) is 14.5 Å². The molecule has 7 nitrogen and oxygen atoms in total. The van der Waals surface area contributed by atoms with Crippen molar-refractivity contribution in [2.24, 2.45) is 0 Å². The fraction of sp³-hybridized carbons (Fsp3) is 0.348. The van der Waals surface area contributed by atoms with Crippen molar-refractivity contribution in [3.05, 3.63) is 65.7 Å². The van der Waals surface area contributed by atoms with E-state index in [1.165, 1.54) is 4.90 Å². The lowest BCUT2D eigenvalue weighted by atomic mass is 9.93. The largest absolute Gasteiger partial charge is 0.497 e. The van der Waals surface area contributed by atoms with Gasteiger partial charge in [-0.15, -0.1) is 0 Å². The van der Waals surface area contributed by atoms with E-state index in [0.717, 1.165) is 21.8 Å². The van der Waals surface area contributed by atoms with Crippen LogP contribution >= 0.6 is 0 Å². The van der Waals surface area contributed by atoms with Crippen LogP contribution in [0, 0.1) is 0 Å². The number of carbonyl (C=O) groups excluding carboxylic acids is 3. The summed E-state index contributed by atoms with van der Waals surface area (Å²) in [5.74, 6) is 0.101. The highest BCUT2D eigenvalue weighted by Gasteiger charge is 2.48. The molecule has 0 spiro atoms. The Labute approximate surface area is 176 Å². The number of carbonyl (C=O) groups is 3. The first-order valence-electron chi connectivity index (χ1n) is 9.87. The number of nitrogens with zero attached hydrogens (tertiary/aromatic N) is 2. The summed E-state index contributed by atoms with van der Waals surface area (Å²) in [7, 11) is 3.27. The Balaban J connectivity index is 1.59. The SMILES string of the molecule is COc1ccc(CC[C@]2(C)NC(=O)N(CC(=O)N(C)Cc3ccccc3)C2=O)cc1. The molecular formula is C23H27N3O4. The van der Waals surface area contributed by atoms with Crippen molar-refractivity contribution in [3.8, 4) is 5.75 Å². The molecule has 1 N–H and O–H groups in total. The van der Waals surface area contributed by atoms with Crippen molar-refractivity contribution in [1.29, 1.82) is 0 Å². The van der Waals surface area contributed by atoms with Gasteiger partial charge in [0.15, 0.2) is 0 Å². The fourth-order valence-corrected chi connectivity index (χ4v) is 3.45. The van der Waals surface area contributed by atoms with Crippen molar-refractivity contribution < 1.29 is 19.1 Å². The van der Waals surface area contributed by atoms with Crippen LogP contribution in [-0.4, -0.2) is 53.9 Å². The van der Waals surface area contributed by atoms with Crippen LogP contribution in [0.1, 0.15) is 24.5 Å². The van der Waals surface area contributed by atoms with Gasteiger partial charge in [0.1, 0.15) is 17.8 Å². The number of benzene rings is 2. The Kier molecular flexibility index (Phi) is 6.40. The maximum Gasteiger partial charge on any atom is 0.325 e. The highest BCUT2D eigenvalue weighted by Crippen LogP contribution is 2.24. The molecule has 3 rings (SSSR count). The number of amides is 4. The number of nitrogens with one attached hydrogen (secondary N) is 1. The zero-order valence-corrected chi connectivity index (χ0v) is 17.6. The molecule has 158 valence electrons. The number of aryl methyl sites for hydroxylation is 1. The van der Waals surface area contributed by atoms with Gasteiger partial charge in [-0.1, -0.05) is 42.5 Å². The van der Waals surface area contributed by atoms with Gasteiger partial charge in [0.05, 0.1) is 7.11 Å². The predicted molar refractivity (Wildman–Crippen MR) is 113 cm³/mol. The molecule has 2 aromatic rings. The monoisotopic (exact) mass is 409 g/mol. The van der Waals surface area contributed by atoms with E-state index in [1.54, 1.807) is 21.1 Å². The van der Waals surface area contributed by atoms with Crippen molar-refractivity contribution in [3.63, 3.8) is 0 Å². The third-order valence-corrected chi connectivity index (χ3v) is 5.40. The molecule has 1 atom stereocenters. The van der Waals surface area contributed by atoms with E-state index in [2.05, 4.69) is 5.32 Å². The number of urea groups is 1. The van der Waals surface area contributed by atoms with E-state index < -0.39 is 11.6 Å². The highest BCUT2D eigenvalue weighted by molar-refractivity contribution is 6.08. The molecule has 0 saturated carbocycles. The number of hydrogen-bond acceptors (Lipinski definition) is 4. The van der Waals surface area contributed by atoms with E-state index in [1.807, 2.05) is 54.6 Å². The second kappa shape index (κ2) is 8.98. The van der Waals surface area contributed by atoms with Crippen LogP contribution < -0.4 is 10.1 Å². The van der Waals surface area contributed by atoms with Crippen molar-refractivity contribution in [2.75, 3.05) is 20.7 Å². The molecule has 1 aliphatic rings. The van der Waals surface area contributed by atoms with Crippen molar-refractivity contribution >= 4 is 17.8 Å². The lowest BCUT2D eigenvalue weighted by molar-refractivity contribution is -0.138. The van der Waals surface area contributed by atoms with Crippen LogP contribution in [0.5, 0.6) is 5.75 Å². The van der Waals surface area contributed by atoms with Crippen LogP contribution in [0.4, 0.5) is 4.79 Å². The minimum Gasteiger partial charge on any atom is -0.497 e. The molecule has 4 amide bonds. The van der Waals surface area contributed by atoms with Crippen LogP contribution in [0.3, 0.4) is 0 Å². The lowest BCUT2D eigenvalue weighted by Gasteiger charge is -2.23. The summed E-state index contributed by atoms with van der Waals surface area (Å²) in [4.78, 5) is 40.5. The number of likely N-dealkylation sites (N-methyl/N-ethyl adjacent to an activating group) is 1. The molecule has 1 heterocycles. The average molecular weight is 409 g/mol. The van der Waals surface area contributed by atoms with Crippen LogP contribution in [0.15, 0.2) is 54.6 Å². The molecule has 1 fully saturated rings. The summed E-state index contributed by atoms with van der Waals surface area (Å²) in [6, 6.07) is 16.6. The highest BCUT2D eigenvalue weighted by atomic mass is 16.5. The summed E-state index contributed by atoms with van der Waals surface area (Å²) in [5, 5.41) is 2.76. The number of hydrogen-bond donors (Lipinski definition) is 1. The Hall–Kier alpha value is -3.35. The molecule has 0 aromatic heterocycles. The number of ether oxygens (including phenoxy) is 1. The zero-order chi connectivity index (χ0) is 21.7. The predicted octanol–water partition coefficient (Wildman–Crippen LogP) is 2.60. The second-order valence-electron chi connectivity index (χ2n) is 7.74. The van der Waals surface area contributed by atoms with E-state index in [-0.39, 0.29) is 18.4 Å². The van der Waals surface area contributed by atoms with Gasteiger partial charge in [-0.05, 0) is 43.0 Å². The van der Waals surface area contributed by atoms with Crippen LogP contribution in [0.2, 0.25) is 0 Å². The molecular weight excluding hydrogens is 382 g/mol. The number of rotatable bonds is 8. The fourth-order valence-electron chi connectivity index (χ4n) is 3.45. The lowest BCUT2D eigenvalue weighted by Crippen LogP contribution is -2.45. The van der Waals surface area contributed by atoms with Gasteiger partial charge < -0.3 is 15.0 Å². The Morgan fingerprint density at radius 3 is 2.37 bits per heavy atom. The quantitative estimate of drug-likeness (QED) is 0.680. The summed E-state index contributed by atoms with van der Waals surface area (Å²) >= 11 is 0. The second-order valence-corrected chi connectivity index (χ2v) is 7.74. The molecule has 2 aromatic carbocycles. The molecule has 1 aliphatic heterocycles. The van der Waals surface area contributed by atoms with Gasteiger partial charge in [-0.25, -0.2) is 4.79 Å². The van der Waals surface area contributed by atoms with Gasteiger partial charge in [0.25, 0.3) is 5.91 Å². The maximum absolute atomic E-state index is 12.9. The van der Waals surface area contributed by atoms with E-state index in [0.29, 0.717) is 19.4 Å². The first kappa shape index (κ1) is 21.4. The van der Waals surface area contributed by atoms with E-state index in [9.17, 15) is 14.4 Å². The normalized spacial score (nSPS) is 18.3. The van der Waals surface area contributed by atoms with Crippen LogP contribution in [0.25, 0.3) is 0 Å². The zero-order valence-electron chi connectivity index (χ0n) is 17.6. The Morgan fingerprint density at radius 1 is 1.07 bits per heavy atom. The topological polar surface area (TPSA) is 79.0 Å². The summed E-state index contributed by atoms with van der Waals surface area (Å²) in [6.07, 6.45) is 1.05. The standard InChI is InChI=1S/C23H27N3O4/c1-23(14-13-17-9-11-19(30-3)12-10-17)21(28)26(22(29)24-23)16-20(27)25(2)15-18-7-5-4-6-8-18/h4-12H,13-16H2,1-3H3,(H,24,29)/t23-/m0/s1. The van der Waals surface area contributed by atoms with Gasteiger partial charge in [0.2, 0.25) is 5.91 Å². The van der Waals surface area contributed by atoms with E-state index >= 15 is 0 Å². The molecule has 1 saturated heterocycles. The minimum atomic E-state index is -1.03. The molecule has 0 radical (unpaired) electrons. The van der Waals surface area contributed by atoms with Crippen molar-refractivity contribution in [1.82, 2.24) is 15.1 Å². The smallest absolute Gasteiger partial charge is 0.325 e. The van der Waals surface area contributed by atoms with Gasteiger partial charge >= 0.3 is 6.03 Å². The molecule has 7 heteroatoms. The van der Waals surface area contributed by atoms with Crippen LogP contribution in [-0.2, 0) is 22.6 Å². The third-order valence-electron chi connectivity index (χ3n) is 5.40. The first-order chi connectivity index (χ1) is 14.3. The summed E-state index contributed by atoms with van der Waals surface area (Å²) in [6.45, 7) is 1.85. The maximum atomic E-state index is 12.9. The summed E-state index contributed by atoms with van der Waals surface area (Å²) in [5.41, 5.74) is 0.987. The van der Waals surface area contributed by atoms with E-state index in [4.69, 9.17) is 4.74 Å². The van der Waals surface area contributed by atoms with Gasteiger partial charge in [0, 0.05) is 13.6 Å². The molecule has 0 bridgehead atoms. The summed E-state index contributed by atoms with van der Waals surface area (Å²) < 4.78 is 5.15. The minimum absolute atomic E-state index is 0.272. The Morgan fingerprint density at radius 2 is 1.73 bits per heavy atom. The molecule has 0 unspecified atom stereocenters. The molecule has 0 aliphatic carbocycles. The molecule has 30 heavy (non-hydrogen) atoms.